The van der Waals surface area contributed by atoms with Gasteiger partial charge in [0.15, 0.2) is 0 Å². The normalized spacial score (nSPS) is 16.6. The van der Waals surface area contributed by atoms with Crippen molar-refractivity contribution < 1.29 is 0 Å². The Hall–Kier alpha value is -0.480. The molecule has 1 heterocycles. The van der Waals surface area contributed by atoms with Gasteiger partial charge in [0.05, 0.1) is 10.7 Å². The Kier molecular flexibility index (Phi) is 5.13. The van der Waals surface area contributed by atoms with Crippen LogP contribution < -0.4 is 5.32 Å². The molecule has 18 heavy (non-hydrogen) atoms. The van der Waals surface area contributed by atoms with Gasteiger partial charge in [0.25, 0.3) is 0 Å². The van der Waals surface area contributed by atoms with Crippen molar-refractivity contribution in [2.45, 2.75) is 62.8 Å². The predicted octanol–water partition coefficient (Wildman–Crippen LogP) is 3.26. The lowest BCUT2D eigenvalue weighted by Gasteiger charge is -2.11. The zero-order chi connectivity index (χ0) is 13.0. The van der Waals surface area contributed by atoms with E-state index in [4.69, 9.17) is 0 Å². The van der Waals surface area contributed by atoms with Gasteiger partial charge in [0, 0.05) is 24.4 Å². The van der Waals surface area contributed by atoms with Crippen LogP contribution in [0.3, 0.4) is 0 Å². The molecule has 0 aromatic carbocycles. The van der Waals surface area contributed by atoms with Crippen LogP contribution in [0.25, 0.3) is 0 Å². The summed E-state index contributed by atoms with van der Waals surface area (Å²) in [5.74, 6) is 0. The minimum absolute atomic E-state index is 0.810. The molecule has 0 radical (unpaired) electrons. The van der Waals surface area contributed by atoms with Gasteiger partial charge in [-0.05, 0) is 32.7 Å². The molecule has 0 saturated heterocycles. The predicted molar refractivity (Wildman–Crippen MR) is 78.1 cm³/mol. The van der Waals surface area contributed by atoms with Crippen molar-refractivity contribution in [3.05, 3.63) is 11.3 Å². The summed E-state index contributed by atoms with van der Waals surface area (Å²) < 4.78 is 2.07. The largest absolute Gasteiger partial charge is 0.313 e. The molecule has 0 amide bonds. The van der Waals surface area contributed by atoms with Crippen molar-refractivity contribution in [1.29, 1.82) is 0 Å². The first-order chi connectivity index (χ1) is 8.72. The van der Waals surface area contributed by atoms with Crippen molar-refractivity contribution >= 4 is 11.8 Å². The monoisotopic (exact) mass is 267 g/mol. The summed E-state index contributed by atoms with van der Waals surface area (Å²) in [4.78, 5) is 0. The highest BCUT2D eigenvalue weighted by molar-refractivity contribution is 7.99. The lowest BCUT2D eigenvalue weighted by Crippen LogP contribution is -2.15. The van der Waals surface area contributed by atoms with Gasteiger partial charge in [-0.3, -0.25) is 4.68 Å². The quantitative estimate of drug-likeness (QED) is 0.802. The standard InChI is InChI=1S/C14H25N3S/c1-4-9-15-10-13-11(2)16-17(3)14(13)18-12-7-5-6-8-12/h12,15H,4-10H2,1-3H3. The first kappa shape index (κ1) is 13.9. The first-order valence-electron chi connectivity index (χ1n) is 7.12. The van der Waals surface area contributed by atoms with Gasteiger partial charge < -0.3 is 5.32 Å². The SMILES string of the molecule is CCCNCc1c(C)nn(C)c1SC1CCCC1. The summed E-state index contributed by atoms with van der Waals surface area (Å²) in [7, 11) is 2.08. The third kappa shape index (κ3) is 3.29. The molecule has 1 aromatic rings. The second kappa shape index (κ2) is 6.62. The number of thioether (sulfide) groups is 1. The third-order valence-electron chi connectivity index (χ3n) is 3.60. The van der Waals surface area contributed by atoms with E-state index < -0.39 is 0 Å². The van der Waals surface area contributed by atoms with E-state index in [1.54, 1.807) is 0 Å². The summed E-state index contributed by atoms with van der Waals surface area (Å²) in [6.07, 6.45) is 6.73. The van der Waals surface area contributed by atoms with Crippen LogP contribution in [0, 0.1) is 6.92 Å². The fourth-order valence-electron chi connectivity index (χ4n) is 2.59. The van der Waals surface area contributed by atoms with Gasteiger partial charge in [0.1, 0.15) is 0 Å². The van der Waals surface area contributed by atoms with Gasteiger partial charge in [-0.15, -0.1) is 11.8 Å². The third-order valence-corrected chi connectivity index (χ3v) is 5.14. The highest BCUT2D eigenvalue weighted by atomic mass is 32.2. The van der Waals surface area contributed by atoms with Gasteiger partial charge >= 0.3 is 0 Å². The second-order valence-electron chi connectivity index (χ2n) is 5.19. The van der Waals surface area contributed by atoms with Gasteiger partial charge in [0.2, 0.25) is 0 Å². The number of rotatable bonds is 6. The molecule has 0 spiro atoms. The molecule has 102 valence electrons. The molecule has 1 aromatic heterocycles. The highest BCUT2D eigenvalue weighted by Gasteiger charge is 2.21. The molecule has 0 aliphatic heterocycles. The van der Waals surface area contributed by atoms with Crippen LogP contribution in [0.1, 0.15) is 50.3 Å². The van der Waals surface area contributed by atoms with E-state index in [2.05, 4.69) is 36.0 Å². The van der Waals surface area contributed by atoms with Crippen LogP contribution in [0.4, 0.5) is 0 Å². The molecule has 1 aliphatic carbocycles. The topological polar surface area (TPSA) is 29.9 Å². The maximum absolute atomic E-state index is 4.59. The zero-order valence-electron chi connectivity index (χ0n) is 11.8. The van der Waals surface area contributed by atoms with Crippen LogP contribution in [0.2, 0.25) is 0 Å². The molecule has 0 unspecified atom stereocenters. The summed E-state index contributed by atoms with van der Waals surface area (Å²) >= 11 is 2.04. The van der Waals surface area contributed by atoms with E-state index in [-0.39, 0.29) is 0 Å². The Bertz CT molecular complexity index is 381. The Labute approximate surface area is 115 Å². The Morgan fingerprint density at radius 2 is 2.11 bits per heavy atom. The van der Waals surface area contributed by atoms with Crippen molar-refractivity contribution in [2.24, 2.45) is 7.05 Å². The highest BCUT2D eigenvalue weighted by Crippen LogP contribution is 2.36. The average Bonchev–Trinajstić information content (AvgIpc) is 2.92. The molecule has 0 bridgehead atoms. The number of nitrogens with zero attached hydrogens (tertiary/aromatic N) is 2. The molecule has 1 fully saturated rings. The zero-order valence-corrected chi connectivity index (χ0v) is 12.6. The Balaban J connectivity index is 2.06. The van der Waals surface area contributed by atoms with E-state index in [1.807, 2.05) is 11.8 Å². The van der Waals surface area contributed by atoms with Crippen molar-refractivity contribution in [3.63, 3.8) is 0 Å². The van der Waals surface area contributed by atoms with Crippen LogP contribution >= 0.6 is 11.8 Å². The second-order valence-corrected chi connectivity index (χ2v) is 6.48. The number of aromatic nitrogens is 2. The number of hydrogen-bond donors (Lipinski definition) is 1. The first-order valence-corrected chi connectivity index (χ1v) is 8.00. The summed E-state index contributed by atoms with van der Waals surface area (Å²) in [5.41, 5.74) is 2.59. The van der Waals surface area contributed by atoms with E-state index in [0.29, 0.717) is 0 Å². The molecule has 1 aliphatic rings. The van der Waals surface area contributed by atoms with E-state index in [1.165, 1.54) is 48.4 Å². The van der Waals surface area contributed by atoms with Crippen LogP contribution in [0.15, 0.2) is 5.03 Å². The molecule has 4 heteroatoms. The maximum Gasteiger partial charge on any atom is 0.0987 e. The molecule has 0 atom stereocenters. The van der Waals surface area contributed by atoms with Crippen LogP contribution in [0.5, 0.6) is 0 Å². The van der Waals surface area contributed by atoms with Crippen LogP contribution in [-0.4, -0.2) is 21.6 Å². The van der Waals surface area contributed by atoms with Crippen molar-refractivity contribution in [2.75, 3.05) is 6.54 Å². The average molecular weight is 267 g/mol. The minimum Gasteiger partial charge on any atom is -0.313 e. The Morgan fingerprint density at radius 1 is 1.39 bits per heavy atom. The summed E-state index contributed by atoms with van der Waals surface area (Å²) in [6, 6.07) is 0. The molecule has 2 rings (SSSR count). The lowest BCUT2D eigenvalue weighted by molar-refractivity contribution is 0.651. The lowest BCUT2D eigenvalue weighted by atomic mass is 10.2. The number of hydrogen-bond acceptors (Lipinski definition) is 3. The molecule has 1 N–H and O–H groups in total. The number of aryl methyl sites for hydroxylation is 2. The van der Waals surface area contributed by atoms with E-state index >= 15 is 0 Å². The number of nitrogens with one attached hydrogen (secondary N) is 1. The smallest absolute Gasteiger partial charge is 0.0987 e. The van der Waals surface area contributed by atoms with Gasteiger partial charge in [-0.2, -0.15) is 5.10 Å². The summed E-state index contributed by atoms with van der Waals surface area (Å²) in [6.45, 7) is 6.38. The fourth-order valence-corrected chi connectivity index (χ4v) is 4.03. The molecular formula is C14H25N3S. The van der Waals surface area contributed by atoms with Crippen molar-refractivity contribution in [1.82, 2.24) is 15.1 Å². The molecular weight excluding hydrogens is 242 g/mol. The fraction of sp³-hybridized carbons (Fsp3) is 0.786. The molecule has 1 saturated carbocycles. The summed E-state index contributed by atoms with van der Waals surface area (Å²) in [5, 5.41) is 10.3. The van der Waals surface area contributed by atoms with Gasteiger partial charge in [-0.1, -0.05) is 19.8 Å². The maximum atomic E-state index is 4.59. The molecule has 3 nitrogen and oxygen atoms in total. The minimum atomic E-state index is 0.810. The van der Waals surface area contributed by atoms with Gasteiger partial charge in [-0.25, -0.2) is 0 Å². The van der Waals surface area contributed by atoms with Crippen molar-refractivity contribution in [3.8, 4) is 0 Å². The van der Waals surface area contributed by atoms with E-state index in [9.17, 15) is 0 Å². The van der Waals surface area contributed by atoms with E-state index in [0.717, 1.165) is 18.3 Å². The van der Waals surface area contributed by atoms with Crippen LogP contribution in [-0.2, 0) is 13.6 Å². The Morgan fingerprint density at radius 3 is 2.78 bits per heavy atom.